The Kier molecular flexibility index (Phi) is 4.25. The maximum absolute atomic E-state index is 11.5. The smallest absolute Gasteiger partial charge is 0.313 e. The van der Waals surface area contributed by atoms with E-state index in [2.05, 4.69) is 9.47 Å². The summed E-state index contributed by atoms with van der Waals surface area (Å²) in [6.07, 6.45) is 3.31. The van der Waals surface area contributed by atoms with E-state index in [0.29, 0.717) is 0 Å². The fourth-order valence-electron chi connectivity index (χ4n) is 1.97. The summed E-state index contributed by atoms with van der Waals surface area (Å²) < 4.78 is 9.07. The van der Waals surface area contributed by atoms with Gasteiger partial charge < -0.3 is 14.6 Å². The van der Waals surface area contributed by atoms with Crippen LogP contribution in [0.15, 0.2) is 12.2 Å². The van der Waals surface area contributed by atoms with Crippen molar-refractivity contribution >= 4 is 17.9 Å². The first kappa shape index (κ1) is 13.2. The van der Waals surface area contributed by atoms with Gasteiger partial charge in [-0.15, -0.1) is 0 Å². The van der Waals surface area contributed by atoms with Crippen LogP contribution in [-0.2, 0) is 23.9 Å². The van der Waals surface area contributed by atoms with Gasteiger partial charge in [-0.25, -0.2) is 0 Å². The van der Waals surface area contributed by atoms with Crippen LogP contribution >= 0.6 is 0 Å². The largest absolute Gasteiger partial charge is 0.481 e. The third-order valence-corrected chi connectivity index (χ3v) is 2.82. The number of allylic oxidation sites excluding steroid dienone is 1. The van der Waals surface area contributed by atoms with Crippen molar-refractivity contribution in [2.75, 3.05) is 14.2 Å². The summed E-state index contributed by atoms with van der Waals surface area (Å²) in [5, 5.41) is 9.12. The molecule has 1 N–H and O–H groups in total. The van der Waals surface area contributed by atoms with Crippen molar-refractivity contribution in [2.24, 2.45) is 17.8 Å². The lowest BCUT2D eigenvalue weighted by Crippen LogP contribution is -2.40. The topological polar surface area (TPSA) is 89.9 Å². The van der Waals surface area contributed by atoms with Gasteiger partial charge in [0.1, 0.15) is 0 Å². The molecule has 0 amide bonds. The maximum Gasteiger partial charge on any atom is 0.313 e. The van der Waals surface area contributed by atoms with Gasteiger partial charge in [-0.3, -0.25) is 14.4 Å². The van der Waals surface area contributed by atoms with E-state index >= 15 is 0 Å². The fraction of sp³-hybridized carbons (Fsp3) is 0.545. The highest BCUT2D eigenvalue weighted by atomic mass is 16.5. The number of aliphatic carboxylic acids is 1. The standard InChI is InChI=1S/C11H14O6/c1-16-10(14)6-4-3-5-7(11(15)17-2)8(6)9(12)13/h3-4,6-8H,5H2,1-2H3,(H,12,13)/t6-,7+,8+/m1/s1. The predicted molar refractivity (Wildman–Crippen MR) is 55.9 cm³/mol. The Morgan fingerprint density at radius 3 is 2.24 bits per heavy atom. The van der Waals surface area contributed by atoms with Crippen LogP contribution in [-0.4, -0.2) is 37.2 Å². The second kappa shape index (κ2) is 5.47. The Balaban J connectivity index is 3.03. The second-order valence-corrected chi connectivity index (χ2v) is 3.71. The first-order valence-electron chi connectivity index (χ1n) is 5.08. The molecule has 0 fully saturated rings. The summed E-state index contributed by atoms with van der Waals surface area (Å²) in [4.78, 5) is 34.1. The van der Waals surface area contributed by atoms with Crippen LogP contribution in [0.1, 0.15) is 6.42 Å². The monoisotopic (exact) mass is 242 g/mol. The van der Waals surface area contributed by atoms with Crippen molar-refractivity contribution in [1.29, 1.82) is 0 Å². The molecule has 0 radical (unpaired) electrons. The highest BCUT2D eigenvalue weighted by Gasteiger charge is 2.44. The molecule has 94 valence electrons. The van der Waals surface area contributed by atoms with Crippen molar-refractivity contribution in [3.8, 4) is 0 Å². The number of rotatable bonds is 3. The molecule has 0 aromatic carbocycles. The molecule has 0 heterocycles. The van der Waals surface area contributed by atoms with Gasteiger partial charge in [0.15, 0.2) is 0 Å². The molecule has 6 nitrogen and oxygen atoms in total. The molecule has 0 saturated heterocycles. The van der Waals surface area contributed by atoms with Crippen LogP contribution in [0.5, 0.6) is 0 Å². The molecule has 17 heavy (non-hydrogen) atoms. The first-order valence-corrected chi connectivity index (χ1v) is 5.08. The van der Waals surface area contributed by atoms with Crippen LogP contribution in [0.2, 0.25) is 0 Å². The second-order valence-electron chi connectivity index (χ2n) is 3.71. The molecule has 0 aliphatic heterocycles. The molecular formula is C11H14O6. The lowest BCUT2D eigenvalue weighted by atomic mass is 9.75. The van der Waals surface area contributed by atoms with Crippen molar-refractivity contribution in [3.05, 3.63) is 12.2 Å². The summed E-state index contributed by atoms with van der Waals surface area (Å²) in [6, 6.07) is 0. The van der Waals surface area contributed by atoms with Crippen molar-refractivity contribution < 1.29 is 29.0 Å². The number of hydrogen-bond donors (Lipinski definition) is 1. The first-order chi connectivity index (χ1) is 8.02. The average molecular weight is 242 g/mol. The maximum atomic E-state index is 11.5. The minimum absolute atomic E-state index is 0.247. The number of carboxylic acids is 1. The van der Waals surface area contributed by atoms with Crippen molar-refractivity contribution in [2.45, 2.75) is 6.42 Å². The number of methoxy groups -OCH3 is 2. The third-order valence-electron chi connectivity index (χ3n) is 2.82. The molecule has 1 aliphatic rings. The van der Waals surface area contributed by atoms with Gasteiger partial charge in [-0.2, -0.15) is 0 Å². The predicted octanol–water partition coefficient (Wildman–Crippen LogP) is 0.225. The van der Waals surface area contributed by atoms with E-state index in [1.165, 1.54) is 20.3 Å². The third kappa shape index (κ3) is 2.64. The molecule has 0 aromatic rings. The summed E-state index contributed by atoms with van der Waals surface area (Å²) >= 11 is 0. The SMILES string of the molecule is COC(=O)[C@H]1CC=C[C@@H](C(=O)OC)[C@@H]1C(=O)O. The van der Waals surface area contributed by atoms with Crippen LogP contribution in [0.25, 0.3) is 0 Å². The van der Waals surface area contributed by atoms with E-state index in [1.54, 1.807) is 6.08 Å². The van der Waals surface area contributed by atoms with Crippen LogP contribution in [0.4, 0.5) is 0 Å². The minimum Gasteiger partial charge on any atom is -0.481 e. The van der Waals surface area contributed by atoms with Crippen molar-refractivity contribution in [3.63, 3.8) is 0 Å². The van der Waals surface area contributed by atoms with E-state index in [4.69, 9.17) is 5.11 Å². The van der Waals surface area contributed by atoms with Gasteiger partial charge in [0, 0.05) is 0 Å². The number of hydrogen-bond acceptors (Lipinski definition) is 5. The number of esters is 2. The lowest BCUT2D eigenvalue weighted by Gasteiger charge is -2.28. The fourth-order valence-corrected chi connectivity index (χ4v) is 1.97. The van der Waals surface area contributed by atoms with E-state index in [9.17, 15) is 14.4 Å². The normalized spacial score (nSPS) is 27.3. The zero-order valence-corrected chi connectivity index (χ0v) is 9.58. The number of carbonyl (C=O) groups is 3. The van der Waals surface area contributed by atoms with Gasteiger partial charge in [0.25, 0.3) is 0 Å². The van der Waals surface area contributed by atoms with Gasteiger partial charge in [-0.1, -0.05) is 12.2 Å². The van der Waals surface area contributed by atoms with Gasteiger partial charge in [-0.05, 0) is 6.42 Å². The quantitative estimate of drug-likeness (QED) is 0.562. The Hall–Kier alpha value is -1.85. The number of carboxylic acid groups (broad SMARTS) is 1. The Morgan fingerprint density at radius 2 is 1.76 bits per heavy atom. The molecule has 6 heteroatoms. The molecule has 0 saturated carbocycles. The van der Waals surface area contributed by atoms with Crippen LogP contribution in [0.3, 0.4) is 0 Å². The van der Waals surface area contributed by atoms with Crippen LogP contribution < -0.4 is 0 Å². The van der Waals surface area contributed by atoms with E-state index < -0.39 is 35.7 Å². The minimum atomic E-state index is -1.21. The van der Waals surface area contributed by atoms with Crippen molar-refractivity contribution in [1.82, 2.24) is 0 Å². The zero-order valence-electron chi connectivity index (χ0n) is 9.58. The molecule has 0 aromatic heterocycles. The summed E-state index contributed by atoms with van der Waals surface area (Å²) in [6.45, 7) is 0. The van der Waals surface area contributed by atoms with E-state index in [0.717, 1.165) is 0 Å². The molecule has 1 rings (SSSR count). The Labute approximate surface area is 98.2 Å². The summed E-state index contributed by atoms with van der Waals surface area (Å²) in [5.41, 5.74) is 0. The molecule has 3 atom stereocenters. The summed E-state index contributed by atoms with van der Waals surface area (Å²) in [5.74, 6) is -5.44. The molecule has 0 unspecified atom stereocenters. The van der Waals surface area contributed by atoms with Gasteiger partial charge in [0.05, 0.1) is 32.0 Å². The molecule has 1 aliphatic carbocycles. The van der Waals surface area contributed by atoms with E-state index in [1.807, 2.05) is 0 Å². The van der Waals surface area contributed by atoms with Gasteiger partial charge in [0.2, 0.25) is 0 Å². The molecule has 0 bridgehead atoms. The highest BCUT2D eigenvalue weighted by Crippen LogP contribution is 2.32. The molecular weight excluding hydrogens is 228 g/mol. The number of ether oxygens (including phenoxy) is 2. The van der Waals surface area contributed by atoms with E-state index in [-0.39, 0.29) is 6.42 Å². The molecule has 0 spiro atoms. The van der Waals surface area contributed by atoms with Gasteiger partial charge >= 0.3 is 17.9 Å². The zero-order chi connectivity index (χ0) is 13.0. The number of carbonyl (C=O) groups excluding carboxylic acids is 2. The Bertz CT molecular complexity index is 359. The average Bonchev–Trinajstić information content (AvgIpc) is 2.35. The highest BCUT2D eigenvalue weighted by molar-refractivity contribution is 5.88. The summed E-state index contributed by atoms with van der Waals surface area (Å²) in [7, 11) is 2.36. The Morgan fingerprint density at radius 1 is 1.18 bits per heavy atom. The lowest BCUT2D eigenvalue weighted by molar-refractivity contribution is -0.163. The van der Waals surface area contributed by atoms with Crippen LogP contribution in [0, 0.1) is 17.8 Å².